The van der Waals surface area contributed by atoms with Gasteiger partial charge in [0.2, 0.25) is 0 Å². The molecule has 0 unspecified atom stereocenters. The zero-order valence-electron chi connectivity index (χ0n) is 30.6. The van der Waals surface area contributed by atoms with Gasteiger partial charge in [0.15, 0.2) is 0 Å². The van der Waals surface area contributed by atoms with Gasteiger partial charge in [-0.05, 0) is 80.9 Å². The van der Waals surface area contributed by atoms with E-state index in [4.69, 9.17) is 14.4 Å². The molecule has 0 saturated carbocycles. The minimum Gasteiger partial charge on any atom is -0.507 e. The molecule has 262 valence electrons. The summed E-state index contributed by atoms with van der Waals surface area (Å²) >= 11 is 0. The summed E-state index contributed by atoms with van der Waals surface area (Å²) in [5.41, 5.74) is 12.4. The Labute approximate surface area is 316 Å². The van der Waals surface area contributed by atoms with Crippen LogP contribution in [0.2, 0.25) is 0 Å². The van der Waals surface area contributed by atoms with Crippen molar-refractivity contribution in [3.63, 3.8) is 0 Å². The number of imidazole rings is 1. The molecule has 0 aliphatic carbocycles. The summed E-state index contributed by atoms with van der Waals surface area (Å²) in [4.78, 5) is 10.3. The lowest BCUT2D eigenvalue weighted by atomic mass is 9.83. The minimum absolute atomic E-state index is 0.115. The van der Waals surface area contributed by atoms with Crippen LogP contribution in [0.1, 0.15) is 26.3 Å². The van der Waals surface area contributed by atoms with Crippen molar-refractivity contribution in [1.29, 1.82) is 0 Å². The highest BCUT2D eigenvalue weighted by atomic mass is 16.3. The SMILES string of the molecule is CC(C)(C)c1cc(-c2cc(-c3ccccc3)ccn2)cc(-c2cccc3c2nc2c4c(O)cc5oc6ccc7ccccc7c6c5c4c4ccccc4n32)c1. The standard InChI is InChI=1S/C50H35N3O2/c1-50(2,3)34-25-32(24-33(26-34)38-27-31(22-23-51-38)29-12-5-4-6-13-29)36-17-11-19-40-48(36)52-49-46-41(54)28-43-47(45(46)37-16-9-10-18-39(37)53(40)49)44-35-15-8-7-14-30(35)20-21-42(44)55-43/h4-28,54H,1-3H3. The average Bonchev–Trinajstić information content (AvgIpc) is 3.79. The van der Waals surface area contributed by atoms with Crippen molar-refractivity contribution in [2.45, 2.75) is 26.2 Å². The maximum Gasteiger partial charge on any atom is 0.150 e. The van der Waals surface area contributed by atoms with Crippen LogP contribution in [0.5, 0.6) is 5.75 Å². The van der Waals surface area contributed by atoms with Crippen molar-refractivity contribution in [3.05, 3.63) is 157 Å². The number of aromatic hydroxyl groups is 1. The third kappa shape index (κ3) is 4.72. The van der Waals surface area contributed by atoms with Crippen molar-refractivity contribution < 1.29 is 9.52 Å². The van der Waals surface area contributed by atoms with Gasteiger partial charge < -0.3 is 9.52 Å². The predicted molar refractivity (Wildman–Crippen MR) is 227 cm³/mol. The van der Waals surface area contributed by atoms with Crippen molar-refractivity contribution in [2.24, 2.45) is 0 Å². The lowest BCUT2D eigenvalue weighted by Crippen LogP contribution is -2.11. The number of phenols is 1. The quantitative estimate of drug-likeness (QED) is 0.186. The van der Waals surface area contributed by atoms with Crippen LogP contribution in [0.25, 0.3) is 105 Å². The molecule has 0 fully saturated rings. The fourth-order valence-electron chi connectivity index (χ4n) is 8.57. The van der Waals surface area contributed by atoms with Gasteiger partial charge in [0, 0.05) is 44.9 Å². The van der Waals surface area contributed by atoms with E-state index in [0.29, 0.717) is 16.6 Å². The Morgan fingerprint density at radius 3 is 2.18 bits per heavy atom. The monoisotopic (exact) mass is 709 g/mol. The zero-order chi connectivity index (χ0) is 37.0. The second-order valence-corrected chi connectivity index (χ2v) is 15.6. The molecular formula is C50H35N3O2. The number of nitrogens with zero attached hydrogens (tertiary/aromatic N) is 3. The number of phenolic OH excluding ortho intramolecular Hbond substituents is 1. The number of aromatic nitrogens is 3. The molecule has 4 heterocycles. The van der Waals surface area contributed by atoms with E-state index >= 15 is 0 Å². The predicted octanol–water partition coefficient (Wildman–Crippen LogP) is 13.2. The summed E-state index contributed by atoms with van der Waals surface area (Å²) in [5, 5.41) is 18.9. The first-order chi connectivity index (χ1) is 26.8. The van der Waals surface area contributed by atoms with Crippen LogP contribution in [0.15, 0.2) is 156 Å². The van der Waals surface area contributed by atoms with E-state index < -0.39 is 0 Å². The summed E-state index contributed by atoms with van der Waals surface area (Å²) in [6.45, 7) is 6.75. The van der Waals surface area contributed by atoms with E-state index in [1.54, 1.807) is 6.07 Å². The number of pyridine rings is 2. The summed E-state index contributed by atoms with van der Waals surface area (Å²) < 4.78 is 8.68. The highest BCUT2D eigenvalue weighted by Crippen LogP contribution is 2.47. The number of rotatable bonds is 3. The summed E-state index contributed by atoms with van der Waals surface area (Å²) in [6, 6.07) is 50.6. The highest BCUT2D eigenvalue weighted by molar-refractivity contribution is 6.34. The van der Waals surface area contributed by atoms with Crippen molar-refractivity contribution in [1.82, 2.24) is 14.4 Å². The number of hydrogen-bond donors (Lipinski definition) is 1. The molecule has 0 amide bonds. The third-order valence-corrected chi connectivity index (χ3v) is 11.2. The van der Waals surface area contributed by atoms with Gasteiger partial charge in [-0.25, -0.2) is 4.98 Å². The maximum atomic E-state index is 11.9. The molecular weight excluding hydrogens is 675 g/mol. The smallest absolute Gasteiger partial charge is 0.150 e. The zero-order valence-corrected chi connectivity index (χ0v) is 30.6. The average molecular weight is 710 g/mol. The molecule has 11 rings (SSSR count). The van der Waals surface area contributed by atoms with Gasteiger partial charge in [0.1, 0.15) is 22.6 Å². The van der Waals surface area contributed by atoms with Gasteiger partial charge in [-0.1, -0.05) is 118 Å². The molecule has 7 aromatic carbocycles. The Morgan fingerprint density at radius 2 is 1.33 bits per heavy atom. The van der Waals surface area contributed by atoms with Crippen LogP contribution in [0.3, 0.4) is 0 Å². The molecule has 0 bridgehead atoms. The van der Waals surface area contributed by atoms with Crippen molar-refractivity contribution in [2.75, 3.05) is 0 Å². The second kappa shape index (κ2) is 11.5. The molecule has 0 radical (unpaired) electrons. The normalized spacial score (nSPS) is 12.3. The van der Waals surface area contributed by atoms with Gasteiger partial charge in [-0.15, -0.1) is 0 Å². The number of benzene rings is 7. The van der Waals surface area contributed by atoms with Crippen LogP contribution >= 0.6 is 0 Å². The van der Waals surface area contributed by atoms with Crippen LogP contribution in [-0.2, 0) is 5.41 Å². The van der Waals surface area contributed by atoms with Crippen LogP contribution in [-0.4, -0.2) is 19.5 Å². The Balaban J connectivity index is 1.22. The summed E-state index contributed by atoms with van der Waals surface area (Å²) in [5.74, 6) is 0.139. The maximum absolute atomic E-state index is 11.9. The highest BCUT2D eigenvalue weighted by Gasteiger charge is 2.24. The Hall–Kier alpha value is -6.98. The first-order valence-corrected chi connectivity index (χ1v) is 18.7. The van der Waals surface area contributed by atoms with Crippen molar-refractivity contribution in [3.8, 4) is 39.3 Å². The van der Waals surface area contributed by atoms with E-state index in [2.05, 4.69) is 153 Å². The van der Waals surface area contributed by atoms with Gasteiger partial charge in [0.25, 0.3) is 0 Å². The molecule has 5 heteroatoms. The van der Waals surface area contributed by atoms with E-state index in [0.717, 1.165) is 88.0 Å². The molecule has 0 aliphatic rings. The molecule has 0 spiro atoms. The molecule has 0 aliphatic heterocycles. The lowest BCUT2D eigenvalue weighted by molar-refractivity contribution is 0.481. The fourth-order valence-corrected chi connectivity index (χ4v) is 8.57. The first kappa shape index (κ1) is 31.5. The molecule has 1 N–H and O–H groups in total. The van der Waals surface area contributed by atoms with Gasteiger partial charge >= 0.3 is 0 Å². The molecule has 55 heavy (non-hydrogen) atoms. The van der Waals surface area contributed by atoms with E-state index in [1.807, 2.05) is 18.3 Å². The van der Waals surface area contributed by atoms with E-state index in [1.165, 1.54) is 5.56 Å². The number of hydrogen-bond acceptors (Lipinski definition) is 4. The second-order valence-electron chi connectivity index (χ2n) is 15.6. The van der Waals surface area contributed by atoms with Crippen LogP contribution in [0.4, 0.5) is 0 Å². The van der Waals surface area contributed by atoms with Crippen LogP contribution in [0, 0.1) is 0 Å². The number of fused-ring (bicyclic) bond motifs is 14. The largest absolute Gasteiger partial charge is 0.507 e. The molecule has 4 aromatic heterocycles. The van der Waals surface area contributed by atoms with Gasteiger partial charge in [-0.3, -0.25) is 9.38 Å². The minimum atomic E-state index is -0.115. The number of para-hydroxylation sites is 2. The third-order valence-electron chi connectivity index (χ3n) is 11.2. The molecule has 11 aromatic rings. The van der Waals surface area contributed by atoms with Gasteiger partial charge in [-0.2, -0.15) is 0 Å². The summed E-state index contributed by atoms with van der Waals surface area (Å²) in [7, 11) is 0. The topological polar surface area (TPSA) is 63.6 Å². The van der Waals surface area contributed by atoms with E-state index in [-0.39, 0.29) is 11.2 Å². The summed E-state index contributed by atoms with van der Waals surface area (Å²) in [6.07, 6.45) is 1.90. The van der Waals surface area contributed by atoms with E-state index in [9.17, 15) is 5.11 Å². The first-order valence-electron chi connectivity index (χ1n) is 18.7. The fraction of sp³-hybridized carbons (Fsp3) is 0.0800. The molecule has 0 saturated heterocycles. The molecule has 5 nitrogen and oxygen atoms in total. The Morgan fingerprint density at radius 1 is 0.564 bits per heavy atom. The van der Waals surface area contributed by atoms with Crippen molar-refractivity contribution >= 4 is 71.1 Å². The Kier molecular flexibility index (Phi) is 6.60. The molecule has 0 atom stereocenters. The van der Waals surface area contributed by atoms with Crippen LogP contribution < -0.4 is 0 Å². The lowest BCUT2D eigenvalue weighted by Gasteiger charge is -2.22. The van der Waals surface area contributed by atoms with Gasteiger partial charge in [0.05, 0.1) is 27.6 Å². The number of furan rings is 1. The Bertz CT molecular complexity index is 3370.